The van der Waals surface area contributed by atoms with Crippen LogP contribution in [0.2, 0.25) is 0 Å². The van der Waals surface area contributed by atoms with Crippen LogP contribution in [0.25, 0.3) is 11.1 Å². The minimum absolute atomic E-state index is 0.204. The van der Waals surface area contributed by atoms with Crippen molar-refractivity contribution in [2.75, 3.05) is 0 Å². The molecule has 0 atom stereocenters. The second-order valence-corrected chi connectivity index (χ2v) is 6.44. The summed E-state index contributed by atoms with van der Waals surface area (Å²) in [6.45, 7) is 0. The number of allylic oxidation sites excluding steroid dienone is 1. The van der Waals surface area contributed by atoms with Gasteiger partial charge in [-0.3, -0.25) is 0 Å². The summed E-state index contributed by atoms with van der Waals surface area (Å²) in [7, 11) is 0. The summed E-state index contributed by atoms with van der Waals surface area (Å²) in [6.07, 6.45) is 7.89. The number of halogens is 2. The van der Waals surface area contributed by atoms with Gasteiger partial charge in [0, 0.05) is 0 Å². The van der Waals surface area contributed by atoms with Crippen molar-refractivity contribution in [1.29, 1.82) is 0 Å². The Balaban J connectivity index is 1.63. The van der Waals surface area contributed by atoms with Crippen LogP contribution in [0.5, 0.6) is 0 Å². The molecular weight excluding hydrogens is 290 g/mol. The lowest BCUT2D eigenvalue weighted by atomic mass is 9.77. The first-order chi connectivity index (χ1) is 11.3. The summed E-state index contributed by atoms with van der Waals surface area (Å²) in [5.41, 5.74) is 3.55. The minimum Gasteiger partial charge on any atom is -0.216 e. The average molecular weight is 312 g/mol. The third-order valence-corrected chi connectivity index (χ3v) is 4.96. The van der Waals surface area contributed by atoms with Gasteiger partial charge in [0.05, 0.1) is 6.33 Å². The van der Waals surface area contributed by atoms with E-state index in [1.165, 1.54) is 43.4 Å². The third-order valence-electron chi connectivity index (χ3n) is 4.96. The molecule has 1 aliphatic carbocycles. The zero-order valence-corrected chi connectivity index (χ0v) is 13.2. The fourth-order valence-electron chi connectivity index (χ4n) is 3.57. The van der Waals surface area contributed by atoms with Gasteiger partial charge in [-0.1, -0.05) is 42.5 Å². The fraction of sp³-hybridized carbons (Fsp3) is 0.333. The molecule has 1 fully saturated rings. The van der Waals surface area contributed by atoms with E-state index in [0.717, 1.165) is 17.5 Å². The number of rotatable bonds is 4. The molecule has 0 radical (unpaired) electrons. The highest BCUT2D eigenvalue weighted by molar-refractivity contribution is 5.63. The highest BCUT2D eigenvalue weighted by atomic mass is 19.1. The molecular formula is C21H22F2. The van der Waals surface area contributed by atoms with E-state index in [2.05, 4.69) is 24.3 Å². The lowest BCUT2D eigenvalue weighted by molar-refractivity contribution is 0.327. The lowest BCUT2D eigenvalue weighted by Gasteiger charge is -2.28. The van der Waals surface area contributed by atoms with Crippen molar-refractivity contribution in [3.05, 3.63) is 72.3 Å². The largest absolute Gasteiger partial charge is 0.216 e. The van der Waals surface area contributed by atoms with Crippen LogP contribution in [0.1, 0.15) is 43.6 Å². The molecule has 0 bridgehead atoms. The van der Waals surface area contributed by atoms with Gasteiger partial charge in [-0.15, -0.1) is 0 Å². The van der Waals surface area contributed by atoms with Gasteiger partial charge in [0.2, 0.25) is 0 Å². The first kappa shape index (κ1) is 15.9. The zero-order valence-electron chi connectivity index (χ0n) is 13.2. The van der Waals surface area contributed by atoms with E-state index in [1.54, 1.807) is 6.08 Å². The van der Waals surface area contributed by atoms with Gasteiger partial charge in [0.25, 0.3) is 0 Å². The molecule has 1 saturated carbocycles. The van der Waals surface area contributed by atoms with Crippen LogP contribution in [-0.4, -0.2) is 0 Å². The molecule has 0 aliphatic heterocycles. The Labute approximate surface area is 136 Å². The van der Waals surface area contributed by atoms with Crippen molar-refractivity contribution >= 4 is 0 Å². The maximum absolute atomic E-state index is 13.0. The normalized spacial score (nSPS) is 21.7. The molecule has 0 aromatic heterocycles. The van der Waals surface area contributed by atoms with Crippen LogP contribution in [0.3, 0.4) is 0 Å². The van der Waals surface area contributed by atoms with Gasteiger partial charge in [0.15, 0.2) is 0 Å². The Kier molecular flexibility index (Phi) is 5.22. The smallest absolute Gasteiger partial charge is 0.123 e. The van der Waals surface area contributed by atoms with E-state index in [-0.39, 0.29) is 5.82 Å². The first-order valence-electron chi connectivity index (χ1n) is 8.37. The Morgan fingerprint density at radius 3 is 1.96 bits per heavy atom. The standard InChI is InChI=1S/C21H22F2/c22-15-1-2-16-3-5-17(6-4-16)18-7-9-19(10-8-18)20-11-13-21(23)14-12-20/h1,7-17H,2-6H2/b15-1+. The molecule has 2 aromatic rings. The van der Waals surface area contributed by atoms with E-state index in [1.807, 2.05) is 12.1 Å². The summed E-state index contributed by atoms with van der Waals surface area (Å²) in [5, 5.41) is 0. The predicted molar refractivity (Wildman–Crippen MR) is 91.4 cm³/mol. The van der Waals surface area contributed by atoms with E-state index >= 15 is 0 Å². The van der Waals surface area contributed by atoms with Crippen LogP contribution in [0, 0.1) is 11.7 Å². The zero-order chi connectivity index (χ0) is 16.1. The van der Waals surface area contributed by atoms with Crippen molar-refractivity contribution in [2.45, 2.75) is 38.0 Å². The van der Waals surface area contributed by atoms with E-state index < -0.39 is 0 Å². The molecule has 2 heteroatoms. The Hall–Kier alpha value is -1.96. The minimum atomic E-state index is -0.204. The van der Waals surface area contributed by atoms with E-state index in [0.29, 0.717) is 18.2 Å². The van der Waals surface area contributed by atoms with Gasteiger partial charge in [-0.25, -0.2) is 8.78 Å². The molecule has 0 nitrogen and oxygen atoms in total. The van der Waals surface area contributed by atoms with Crippen molar-refractivity contribution in [2.24, 2.45) is 5.92 Å². The highest BCUT2D eigenvalue weighted by Crippen LogP contribution is 2.37. The second-order valence-electron chi connectivity index (χ2n) is 6.44. The number of hydrogen-bond acceptors (Lipinski definition) is 0. The molecule has 0 saturated heterocycles. The van der Waals surface area contributed by atoms with Crippen LogP contribution < -0.4 is 0 Å². The SMILES string of the molecule is F/C=C/CC1CCC(c2ccc(-c3ccc(F)cc3)cc2)CC1. The maximum atomic E-state index is 13.0. The maximum Gasteiger partial charge on any atom is 0.123 e. The first-order valence-corrected chi connectivity index (χ1v) is 8.37. The topological polar surface area (TPSA) is 0 Å². The predicted octanol–water partition coefficient (Wildman–Crippen LogP) is 6.64. The highest BCUT2D eigenvalue weighted by Gasteiger charge is 2.21. The number of hydrogen-bond donors (Lipinski definition) is 0. The van der Waals surface area contributed by atoms with Crippen LogP contribution in [-0.2, 0) is 0 Å². The molecule has 0 spiro atoms. The summed E-state index contributed by atoms with van der Waals surface area (Å²) >= 11 is 0. The molecule has 0 amide bonds. The van der Waals surface area contributed by atoms with Crippen molar-refractivity contribution in [3.63, 3.8) is 0 Å². The summed E-state index contributed by atoms with van der Waals surface area (Å²) in [5.74, 6) is 1.05. The Morgan fingerprint density at radius 2 is 1.39 bits per heavy atom. The molecule has 0 unspecified atom stereocenters. The second kappa shape index (κ2) is 7.54. The monoisotopic (exact) mass is 312 g/mol. The van der Waals surface area contributed by atoms with Gasteiger partial charge >= 0.3 is 0 Å². The molecule has 0 heterocycles. The van der Waals surface area contributed by atoms with Gasteiger partial charge in [-0.2, -0.15) is 0 Å². The Morgan fingerprint density at radius 1 is 0.826 bits per heavy atom. The lowest BCUT2D eigenvalue weighted by Crippen LogP contribution is -2.12. The van der Waals surface area contributed by atoms with E-state index in [4.69, 9.17) is 0 Å². The molecule has 2 aromatic carbocycles. The van der Waals surface area contributed by atoms with Crippen molar-refractivity contribution < 1.29 is 8.78 Å². The fourth-order valence-corrected chi connectivity index (χ4v) is 3.57. The van der Waals surface area contributed by atoms with Crippen LogP contribution in [0.4, 0.5) is 8.78 Å². The molecule has 3 rings (SSSR count). The van der Waals surface area contributed by atoms with Gasteiger partial charge in [-0.05, 0) is 72.8 Å². The average Bonchev–Trinajstić information content (AvgIpc) is 2.61. The van der Waals surface area contributed by atoms with Crippen molar-refractivity contribution in [3.8, 4) is 11.1 Å². The Bertz CT molecular complexity index is 633. The van der Waals surface area contributed by atoms with Gasteiger partial charge in [0.1, 0.15) is 5.82 Å². The quantitative estimate of drug-likeness (QED) is 0.593. The van der Waals surface area contributed by atoms with Crippen LogP contribution in [0.15, 0.2) is 60.9 Å². The summed E-state index contributed by atoms with van der Waals surface area (Å²) in [4.78, 5) is 0. The summed E-state index contributed by atoms with van der Waals surface area (Å²) < 4.78 is 25.1. The molecule has 0 N–H and O–H groups in total. The van der Waals surface area contributed by atoms with Gasteiger partial charge < -0.3 is 0 Å². The molecule has 23 heavy (non-hydrogen) atoms. The van der Waals surface area contributed by atoms with E-state index in [9.17, 15) is 8.78 Å². The number of benzene rings is 2. The van der Waals surface area contributed by atoms with Crippen LogP contribution >= 0.6 is 0 Å². The third kappa shape index (κ3) is 4.07. The molecule has 120 valence electrons. The summed E-state index contributed by atoms with van der Waals surface area (Å²) in [6, 6.07) is 15.3. The molecule has 1 aliphatic rings. The van der Waals surface area contributed by atoms with Crippen molar-refractivity contribution in [1.82, 2.24) is 0 Å².